The van der Waals surface area contributed by atoms with Crippen LogP contribution in [0.15, 0.2) is 53.5 Å². The average molecular weight is 551 g/mol. The molecule has 0 amide bonds. The van der Waals surface area contributed by atoms with Gasteiger partial charge < -0.3 is 14.2 Å². The Morgan fingerprint density at radius 2 is 1.33 bits per heavy atom. The van der Waals surface area contributed by atoms with Gasteiger partial charge in [-0.05, 0) is 44.5 Å². The van der Waals surface area contributed by atoms with E-state index in [1.807, 2.05) is 12.1 Å². The zero-order valence-corrected chi connectivity index (χ0v) is 24.3. The van der Waals surface area contributed by atoms with Gasteiger partial charge in [0.05, 0.1) is 20.3 Å². The summed E-state index contributed by atoms with van der Waals surface area (Å²) in [6.45, 7) is 5.17. The first-order valence-corrected chi connectivity index (χ1v) is 14.8. The quantitative estimate of drug-likeness (QED) is 0.284. The number of para-hydroxylation sites is 2. The summed E-state index contributed by atoms with van der Waals surface area (Å²) in [4.78, 5) is 5.02. The predicted molar refractivity (Wildman–Crippen MR) is 148 cm³/mol. The molecule has 2 saturated carbocycles. The van der Waals surface area contributed by atoms with Crippen LogP contribution in [0.5, 0.6) is 11.5 Å². The van der Waals surface area contributed by atoms with Gasteiger partial charge in [0.25, 0.3) is 0 Å². The summed E-state index contributed by atoms with van der Waals surface area (Å²) in [6.07, 6.45) is 11.0. The molecule has 4 nitrogen and oxygen atoms in total. The average Bonchev–Trinajstić information content (AvgIpc) is 3.68. The van der Waals surface area contributed by atoms with Gasteiger partial charge in [-0.25, -0.2) is 4.99 Å². The van der Waals surface area contributed by atoms with Gasteiger partial charge in [-0.1, -0.05) is 88.8 Å². The summed E-state index contributed by atoms with van der Waals surface area (Å²) in [5.74, 6) is 3.75. The molecule has 1 aliphatic heterocycles. The van der Waals surface area contributed by atoms with Crippen molar-refractivity contribution in [1.82, 2.24) is 0 Å². The summed E-state index contributed by atoms with van der Waals surface area (Å²) < 4.78 is 17.8. The van der Waals surface area contributed by atoms with E-state index in [-0.39, 0.29) is 23.1 Å². The minimum Gasteiger partial charge on any atom is -0.496 e. The number of hydrogen-bond acceptors (Lipinski definition) is 4. The molecule has 0 bridgehead atoms. The van der Waals surface area contributed by atoms with E-state index >= 15 is 0 Å². The second kappa shape index (κ2) is 14.4. The minimum atomic E-state index is -0.701. The fraction of sp³-hybridized carbons (Fsp3) is 0.567. The van der Waals surface area contributed by atoms with E-state index in [1.165, 1.54) is 55.6 Å². The Morgan fingerprint density at radius 1 is 0.806 bits per heavy atom. The Labute approximate surface area is 229 Å². The van der Waals surface area contributed by atoms with E-state index < -0.39 is 7.92 Å². The maximum absolute atomic E-state index is 6.17. The third-order valence-electron chi connectivity index (χ3n) is 7.53. The van der Waals surface area contributed by atoms with Gasteiger partial charge in [0.2, 0.25) is 0 Å². The van der Waals surface area contributed by atoms with Crippen molar-refractivity contribution >= 4 is 24.4 Å². The van der Waals surface area contributed by atoms with Crippen molar-refractivity contribution in [2.45, 2.75) is 76.9 Å². The fourth-order valence-corrected chi connectivity index (χ4v) is 8.87. The molecule has 2 aromatic carbocycles. The number of nitrogens with zero attached hydrogens (tertiary/aromatic N) is 1. The van der Waals surface area contributed by atoms with Crippen LogP contribution in [0.3, 0.4) is 0 Å². The predicted octanol–water partition coefficient (Wildman–Crippen LogP) is 6.71. The number of hydrogen-bond donors (Lipinski definition) is 0. The second-order valence-electron chi connectivity index (χ2n) is 10.2. The van der Waals surface area contributed by atoms with Gasteiger partial charge >= 0.3 is 0 Å². The zero-order chi connectivity index (χ0) is 24.6. The second-order valence-corrected chi connectivity index (χ2v) is 12.5. The van der Waals surface area contributed by atoms with E-state index in [9.17, 15) is 0 Å². The molecule has 36 heavy (non-hydrogen) atoms. The SMILES string of the molecule is C1CCCC1.COc1ccccc1P(c1ccccc1OC)C1CCCC1C1=NC(C(C)C)CO1.[Fe]. The van der Waals surface area contributed by atoms with Gasteiger partial charge in [-0.2, -0.15) is 0 Å². The molecule has 3 unspecified atom stereocenters. The molecular weight excluding hydrogens is 509 g/mol. The molecule has 1 heterocycles. The first kappa shape index (κ1) is 29.0. The molecule has 6 heteroatoms. The molecule has 5 rings (SSSR count). The van der Waals surface area contributed by atoms with Crippen molar-refractivity contribution in [2.24, 2.45) is 16.8 Å². The van der Waals surface area contributed by atoms with Gasteiger partial charge in [0.15, 0.2) is 5.90 Å². The van der Waals surface area contributed by atoms with E-state index in [0.717, 1.165) is 30.4 Å². The smallest absolute Gasteiger partial charge is 0.187 e. The van der Waals surface area contributed by atoms with Crippen LogP contribution in [-0.4, -0.2) is 38.4 Å². The maximum Gasteiger partial charge on any atom is 0.187 e. The summed E-state index contributed by atoms with van der Waals surface area (Å²) in [5, 5.41) is 2.55. The molecule has 0 radical (unpaired) electrons. The van der Waals surface area contributed by atoms with E-state index in [0.29, 0.717) is 17.5 Å². The third-order valence-corrected chi connectivity index (χ3v) is 10.6. The van der Waals surface area contributed by atoms with Crippen LogP contribution in [0.1, 0.15) is 65.2 Å². The number of benzene rings is 2. The molecule has 2 fully saturated rings. The number of methoxy groups -OCH3 is 2. The van der Waals surface area contributed by atoms with Crippen LogP contribution < -0.4 is 20.1 Å². The van der Waals surface area contributed by atoms with E-state index in [1.54, 1.807) is 14.2 Å². The molecule has 0 spiro atoms. The van der Waals surface area contributed by atoms with Gasteiger partial charge in [-0.15, -0.1) is 0 Å². The van der Waals surface area contributed by atoms with Crippen LogP contribution in [0, 0.1) is 11.8 Å². The van der Waals surface area contributed by atoms with Crippen molar-refractivity contribution in [3.05, 3.63) is 48.5 Å². The van der Waals surface area contributed by atoms with Gasteiger partial charge in [0, 0.05) is 33.6 Å². The van der Waals surface area contributed by atoms with Gasteiger partial charge in [-0.3, -0.25) is 0 Å². The molecule has 3 atom stereocenters. The number of aliphatic imine (C=N–C) groups is 1. The Hall–Kier alpha value is -1.54. The molecule has 3 aliphatic rings. The molecule has 198 valence electrons. The van der Waals surface area contributed by atoms with Crippen molar-refractivity contribution in [2.75, 3.05) is 20.8 Å². The fourth-order valence-electron chi connectivity index (χ4n) is 5.52. The molecule has 0 saturated heterocycles. The molecule has 2 aliphatic carbocycles. The van der Waals surface area contributed by atoms with Crippen LogP contribution in [0.2, 0.25) is 0 Å². The zero-order valence-electron chi connectivity index (χ0n) is 22.3. The van der Waals surface area contributed by atoms with Crippen molar-refractivity contribution in [1.29, 1.82) is 0 Å². The largest absolute Gasteiger partial charge is 0.496 e. The van der Waals surface area contributed by atoms with E-state index in [2.05, 4.69) is 50.2 Å². The molecule has 2 aromatic rings. The Balaban J connectivity index is 0.000000538. The third kappa shape index (κ3) is 6.85. The van der Waals surface area contributed by atoms with Crippen LogP contribution in [-0.2, 0) is 21.8 Å². The first-order chi connectivity index (χ1) is 17.1. The summed E-state index contributed by atoms with van der Waals surface area (Å²) in [6, 6.07) is 17.2. The van der Waals surface area contributed by atoms with Crippen molar-refractivity contribution < 1.29 is 31.3 Å². The van der Waals surface area contributed by atoms with Gasteiger partial charge in [0.1, 0.15) is 18.1 Å². The Morgan fingerprint density at radius 3 is 1.81 bits per heavy atom. The molecule has 0 N–H and O–H groups in total. The Bertz CT molecular complexity index is 923. The summed E-state index contributed by atoms with van der Waals surface area (Å²) >= 11 is 0. The monoisotopic (exact) mass is 551 g/mol. The maximum atomic E-state index is 6.17. The van der Waals surface area contributed by atoms with Crippen LogP contribution >= 0.6 is 7.92 Å². The standard InChI is InChI=1S/C25H32NO3P.C5H10.Fe/c1-17(2)19-16-29-25(26-19)18-10-9-15-22(18)30(23-13-7-5-11-20(23)27-3)24-14-8-6-12-21(24)28-4;1-2-4-5-3-1;/h5-8,11-14,17-19,22H,9-10,15-16H2,1-4H3;1-5H2;. The van der Waals surface area contributed by atoms with Crippen molar-refractivity contribution in [3.63, 3.8) is 0 Å². The molecule has 0 aromatic heterocycles. The normalized spacial score (nSPS) is 22.9. The number of rotatable bonds is 7. The van der Waals surface area contributed by atoms with Crippen molar-refractivity contribution in [3.8, 4) is 11.5 Å². The molecular formula is C30H42FeNO3P. The number of ether oxygens (including phenoxy) is 3. The Kier molecular flexibility index (Phi) is 11.6. The van der Waals surface area contributed by atoms with Crippen LogP contribution in [0.4, 0.5) is 0 Å². The van der Waals surface area contributed by atoms with Crippen LogP contribution in [0.25, 0.3) is 0 Å². The summed E-state index contributed by atoms with van der Waals surface area (Å²) in [5.41, 5.74) is 0.456. The summed E-state index contributed by atoms with van der Waals surface area (Å²) in [7, 11) is 2.82. The van der Waals surface area contributed by atoms with E-state index in [4.69, 9.17) is 19.2 Å². The first-order valence-electron chi connectivity index (χ1n) is 13.4. The minimum absolute atomic E-state index is 0. The topological polar surface area (TPSA) is 40.0 Å².